The first-order chi connectivity index (χ1) is 16.0. The van der Waals surface area contributed by atoms with Gasteiger partial charge in [-0.25, -0.2) is 0 Å². The number of aromatic nitrogens is 2. The summed E-state index contributed by atoms with van der Waals surface area (Å²) in [4.78, 5) is 31.3. The average molecular weight is 449 g/mol. The van der Waals surface area contributed by atoms with Crippen molar-refractivity contribution in [1.29, 1.82) is 0 Å². The molecule has 1 saturated heterocycles. The van der Waals surface area contributed by atoms with Crippen molar-refractivity contribution in [3.63, 3.8) is 0 Å². The van der Waals surface area contributed by atoms with E-state index in [1.54, 1.807) is 14.0 Å². The van der Waals surface area contributed by atoms with Crippen LogP contribution in [0.25, 0.3) is 11.4 Å². The van der Waals surface area contributed by atoms with Crippen LogP contribution in [0.4, 0.5) is 5.69 Å². The molecule has 1 aliphatic heterocycles. The molecule has 8 nitrogen and oxygen atoms in total. The number of rotatable bonds is 6. The second-order valence-corrected chi connectivity index (χ2v) is 8.21. The van der Waals surface area contributed by atoms with Crippen molar-refractivity contribution in [3.8, 4) is 17.1 Å². The SMILES string of the molecule is CCC(=O)Nc1cccc(-c2noc(C3CCCN(C(=O)c4ccc(OC)cc4C)C3)n2)c1. The predicted octanol–water partition coefficient (Wildman–Crippen LogP) is 4.42. The monoisotopic (exact) mass is 448 g/mol. The molecule has 0 saturated carbocycles. The van der Waals surface area contributed by atoms with E-state index in [2.05, 4.69) is 15.5 Å². The number of hydrogen-bond donors (Lipinski definition) is 1. The highest BCUT2D eigenvalue weighted by molar-refractivity contribution is 5.96. The lowest BCUT2D eigenvalue weighted by Gasteiger charge is -2.31. The molecule has 3 aromatic rings. The van der Waals surface area contributed by atoms with Gasteiger partial charge < -0.3 is 19.5 Å². The van der Waals surface area contributed by atoms with E-state index < -0.39 is 0 Å². The van der Waals surface area contributed by atoms with Crippen LogP contribution in [0.1, 0.15) is 53.9 Å². The molecule has 1 fully saturated rings. The molecular weight excluding hydrogens is 420 g/mol. The van der Waals surface area contributed by atoms with E-state index in [4.69, 9.17) is 9.26 Å². The Morgan fingerprint density at radius 3 is 2.85 bits per heavy atom. The molecule has 2 heterocycles. The van der Waals surface area contributed by atoms with E-state index in [9.17, 15) is 9.59 Å². The summed E-state index contributed by atoms with van der Waals surface area (Å²) in [5.41, 5.74) is 3.01. The van der Waals surface area contributed by atoms with Crippen LogP contribution in [-0.2, 0) is 4.79 Å². The molecular formula is C25H28N4O4. The first-order valence-corrected chi connectivity index (χ1v) is 11.2. The number of methoxy groups -OCH3 is 1. The van der Waals surface area contributed by atoms with E-state index in [1.807, 2.05) is 54.3 Å². The summed E-state index contributed by atoms with van der Waals surface area (Å²) in [5, 5.41) is 6.99. The Morgan fingerprint density at radius 1 is 1.24 bits per heavy atom. The predicted molar refractivity (Wildman–Crippen MR) is 124 cm³/mol. The number of nitrogens with zero attached hydrogens (tertiary/aromatic N) is 3. The molecule has 33 heavy (non-hydrogen) atoms. The van der Waals surface area contributed by atoms with Gasteiger partial charge in [-0.05, 0) is 55.7 Å². The van der Waals surface area contributed by atoms with Gasteiger partial charge in [0.15, 0.2) is 0 Å². The van der Waals surface area contributed by atoms with Crippen molar-refractivity contribution in [2.45, 2.75) is 39.0 Å². The van der Waals surface area contributed by atoms with Crippen molar-refractivity contribution < 1.29 is 18.8 Å². The fraction of sp³-hybridized carbons (Fsp3) is 0.360. The van der Waals surface area contributed by atoms with Crippen molar-refractivity contribution in [2.75, 3.05) is 25.5 Å². The molecule has 0 radical (unpaired) electrons. The van der Waals surface area contributed by atoms with Crippen molar-refractivity contribution >= 4 is 17.5 Å². The molecule has 1 aliphatic rings. The van der Waals surface area contributed by atoms with Crippen LogP contribution in [0.3, 0.4) is 0 Å². The summed E-state index contributed by atoms with van der Waals surface area (Å²) in [5.74, 6) is 1.64. The van der Waals surface area contributed by atoms with Gasteiger partial charge in [0.05, 0.1) is 13.0 Å². The lowest BCUT2D eigenvalue weighted by molar-refractivity contribution is -0.115. The molecule has 172 valence electrons. The number of carbonyl (C=O) groups excluding carboxylic acids is 2. The third-order valence-electron chi connectivity index (χ3n) is 5.89. The zero-order valence-corrected chi connectivity index (χ0v) is 19.1. The van der Waals surface area contributed by atoms with Crippen LogP contribution < -0.4 is 10.1 Å². The Labute approximate surface area is 192 Å². The Morgan fingerprint density at radius 2 is 2.09 bits per heavy atom. The van der Waals surface area contributed by atoms with Crippen molar-refractivity contribution in [2.24, 2.45) is 0 Å². The van der Waals surface area contributed by atoms with Crippen LogP contribution in [0.15, 0.2) is 47.0 Å². The lowest BCUT2D eigenvalue weighted by Crippen LogP contribution is -2.39. The average Bonchev–Trinajstić information content (AvgIpc) is 3.34. The van der Waals surface area contributed by atoms with Crippen LogP contribution >= 0.6 is 0 Å². The third kappa shape index (κ3) is 5.05. The molecule has 0 aliphatic carbocycles. The van der Waals surface area contributed by atoms with Gasteiger partial charge in [0.2, 0.25) is 17.6 Å². The van der Waals surface area contributed by atoms with Crippen LogP contribution in [0, 0.1) is 6.92 Å². The van der Waals surface area contributed by atoms with Gasteiger partial charge in [-0.15, -0.1) is 0 Å². The number of hydrogen-bond acceptors (Lipinski definition) is 6. The minimum absolute atomic E-state index is 0.000964. The van der Waals surface area contributed by atoms with E-state index in [-0.39, 0.29) is 17.7 Å². The number of amides is 2. The number of nitrogens with one attached hydrogen (secondary N) is 1. The molecule has 8 heteroatoms. The smallest absolute Gasteiger partial charge is 0.254 e. The number of anilines is 1. The van der Waals surface area contributed by atoms with E-state index in [0.29, 0.717) is 42.5 Å². The van der Waals surface area contributed by atoms with Crippen LogP contribution in [0.5, 0.6) is 5.75 Å². The third-order valence-corrected chi connectivity index (χ3v) is 5.89. The van der Waals surface area contributed by atoms with Gasteiger partial charge in [0.25, 0.3) is 5.91 Å². The van der Waals surface area contributed by atoms with Gasteiger partial charge in [-0.1, -0.05) is 24.2 Å². The summed E-state index contributed by atoms with van der Waals surface area (Å²) in [6.45, 7) is 4.94. The lowest BCUT2D eigenvalue weighted by atomic mass is 9.96. The molecule has 2 amide bonds. The molecule has 1 atom stereocenters. The van der Waals surface area contributed by atoms with Gasteiger partial charge in [0.1, 0.15) is 5.75 Å². The maximum Gasteiger partial charge on any atom is 0.254 e. The number of benzene rings is 2. The minimum Gasteiger partial charge on any atom is -0.497 e. The highest BCUT2D eigenvalue weighted by atomic mass is 16.5. The number of aryl methyl sites for hydroxylation is 1. The first-order valence-electron chi connectivity index (χ1n) is 11.2. The number of likely N-dealkylation sites (tertiary alicyclic amines) is 1. The molecule has 2 aromatic carbocycles. The second-order valence-electron chi connectivity index (χ2n) is 8.21. The molecule has 1 aromatic heterocycles. The fourth-order valence-electron chi connectivity index (χ4n) is 4.04. The Hall–Kier alpha value is -3.68. The largest absolute Gasteiger partial charge is 0.497 e. The van der Waals surface area contributed by atoms with Crippen LogP contribution in [0.2, 0.25) is 0 Å². The van der Waals surface area contributed by atoms with E-state index in [1.165, 1.54) is 0 Å². The highest BCUT2D eigenvalue weighted by Gasteiger charge is 2.30. The quantitative estimate of drug-likeness (QED) is 0.599. The maximum absolute atomic E-state index is 13.2. The summed E-state index contributed by atoms with van der Waals surface area (Å²) in [7, 11) is 1.61. The zero-order chi connectivity index (χ0) is 23.4. The van der Waals surface area contributed by atoms with E-state index in [0.717, 1.165) is 29.7 Å². The second kappa shape index (κ2) is 9.85. The first kappa shape index (κ1) is 22.5. The fourth-order valence-corrected chi connectivity index (χ4v) is 4.04. The maximum atomic E-state index is 13.2. The van der Waals surface area contributed by atoms with E-state index >= 15 is 0 Å². The topological polar surface area (TPSA) is 97.6 Å². The summed E-state index contributed by atoms with van der Waals surface area (Å²) in [6, 6.07) is 12.9. The molecule has 0 bridgehead atoms. The minimum atomic E-state index is -0.0555. The summed E-state index contributed by atoms with van der Waals surface area (Å²) in [6.07, 6.45) is 2.14. The van der Waals surface area contributed by atoms with Gasteiger partial charge >= 0.3 is 0 Å². The number of carbonyl (C=O) groups is 2. The highest BCUT2D eigenvalue weighted by Crippen LogP contribution is 2.29. The molecule has 1 unspecified atom stereocenters. The number of piperidine rings is 1. The Bertz CT molecular complexity index is 1160. The summed E-state index contributed by atoms with van der Waals surface area (Å²) >= 11 is 0. The number of ether oxygens (including phenoxy) is 1. The normalized spacial score (nSPS) is 15.8. The van der Waals surface area contributed by atoms with Crippen molar-refractivity contribution in [1.82, 2.24) is 15.0 Å². The summed E-state index contributed by atoms with van der Waals surface area (Å²) < 4.78 is 10.8. The van der Waals surface area contributed by atoms with Gasteiger partial charge in [0, 0.05) is 36.3 Å². The van der Waals surface area contributed by atoms with Gasteiger partial charge in [-0.3, -0.25) is 9.59 Å². The van der Waals surface area contributed by atoms with Crippen molar-refractivity contribution in [3.05, 3.63) is 59.5 Å². The Kier molecular flexibility index (Phi) is 6.72. The Balaban J connectivity index is 1.48. The standard InChI is InChI=1S/C25H28N4O4/c1-4-22(30)26-19-9-5-7-17(14-19)23-27-24(33-28-23)18-8-6-12-29(15-18)25(31)21-11-10-20(32-3)13-16(21)2/h5,7,9-11,13-14,18H,4,6,8,12,15H2,1-3H3,(H,26,30). The molecule has 1 N–H and O–H groups in total. The molecule has 4 rings (SSSR count). The van der Waals surface area contributed by atoms with Gasteiger partial charge in [-0.2, -0.15) is 4.98 Å². The molecule has 0 spiro atoms. The van der Waals surface area contributed by atoms with Crippen LogP contribution in [-0.4, -0.2) is 47.1 Å². The zero-order valence-electron chi connectivity index (χ0n) is 19.1.